The summed E-state index contributed by atoms with van der Waals surface area (Å²) >= 11 is 0. The third-order valence-electron chi connectivity index (χ3n) is 6.45. The first kappa shape index (κ1) is 18.7. The summed E-state index contributed by atoms with van der Waals surface area (Å²) < 4.78 is 0. The van der Waals surface area contributed by atoms with E-state index in [9.17, 15) is 14.7 Å². The Balaban J connectivity index is 1.47. The number of nitrogens with zero attached hydrogens (tertiary/aromatic N) is 1. The van der Waals surface area contributed by atoms with Gasteiger partial charge < -0.3 is 15.3 Å². The zero-order chi connectivity index (χ0) is 17.7. The minimum absolute atomic E-state index is 0.0140. The number of aliphatic hydroxyl groups is 1. The molecule has 0 aromatic heterocycles. The van der Waals surface area contributed by atoms with Crippen LogP contribution in [0, 0.1) is 11.8 Å². The average Bonchev–Trinajstić information content (AvgIpc) is 2.63. The Morgan fingerprint density at radius 3 is 2.48 bits per heavy atom. The number of amides is 2. The van der Waals surface area contributed by atoms with Crippen LogP contribution in [-0.4, -0.2) is 47.1 Å². The Hall–Kier alpha value is -1.10. The topological polar surface area (TPSA) is 69.6 Å². The minimum atomic E-state index is -0.722. The summed E-state index contributed by atoms with van der Waals surface area (Å²) in [5.74, 6) is 0.719. The lowest BCUT2D eigenvalue weighted by atomic mass is 9.84. The van der Waals surface area contributed by atoms with E-state index in [4.69, 9.17) is 0 Å². The van der Waals surface area contributed by atoms with Crippen molar-refractivity contribution >= 4 is 11.8 Å². The second kappa shape index (κ2) is 8.52. The van der Waals surface area contributed by atoms with Crippen molar-refractivity contribution in [1.29, 1.82) is 0 Å². The standard InChI is InChI=1S/C20H34N2O3/c23-18-10-9-17(14-22(18)13-16-7-3-1-4-8-16)19(24)21-15-20(25)11-5-2-6-12-20/h16-17,25H,1-15H2,(H,21,24). The van der Waals surface area contributed by atoms with Crippen LogP contribution in [-0.2, 0) is 9.59 Å². The summed E-state index contributed by atoms with van der Waals surface area (Å²) in [4.78, 5) is 26.7. The number of rotatable bonds is 5. The van der Waals surface area contributed by atoms with Gasteiger partial charge in [-0.1, -0.05) is 38.5 Å². The molecule has 1 saturated heterocycles. The van der Waals surface area contributed by atoms with Gasteiger partial charge in [-0.2, -0.15) is 0 Å². The Bertz CT molecular complexity index is 468. The summed E-state index contributed by atoms with van der Waals surface area (Å²) in [6.45, 7) is 1.74. The van der Waals surface area contributed by atoms with E-state index in [1.165, 1.54) is 38.5 Å². The fourth-order valence-corrected chi connectivity index (χ4v) is 4.77. The lowest BCUT2D eigenvalue weighted by Crippen LogP contribution is -2.50. The molecular formula is C20H34N2O3. The second-order valence-corrected chi connectivity index (χ2v) is 8.54. The molecule has 142 valence electrons. The molecular weight excluding hydrogens is 316 g/mol. The summed E-state index contributed by atoms with van der Waals surface area (Å²) in [5, 5.41) is 13.5. The molecule has 3 rings (SSSR count). The molecule has 5 heteroatoms. The van der Waals surface area contributed by atoms with Crippen molar-refractivity contribution in [2.75, 3.05) is 19.6 Å². The van der Waals surface area contributed by atoms with Crippen molar-refractivity contribution in [3.63, 3.8) is 0 Å². The van der Waals surface area contributed by atoms with Gasteiger partial charge in [0.2, 0.25) is 11.8 Å². The number of nitrogens with one attached hydrogen (secondary N) is 1. The number of hydrogen-bond acceptors (Lipinski definition) is 3. The smallest absolute Gasteiger partial charge is 0.225 e. The maximum atomic E-state index is 12.6. The molecule has 2 saturated carbocycles. The van der Waals surface area contributed by atoms with Crippen LogP contribution in [0.1, 0.15) is 77.0 Å². The van der Waals surface area contributed by atoms with Gasteiger partial charge >= 0.3 is 0 Å². The van der Waals surface area contributed by atoms with Crippen molar-refractivity contribution in [2.24, 2.45) is 11.8 Å². The van der Waals surface area contributed by atoms with Gasteiger partial charge in [0.05, 0.1) is 11.5 Å². The van der Waals surface area contributed by atoms with Gasteiger partial charge in [0.15, 0.2) is 0 Å². The highest BCUT2D eigenvalue weighted by molar-refractivity contribution is 5.83. The lowest BCUT2D eigenvalue weighted by molar-refractivity contribution is -0.139. The predicted octanol–water partition coefficient (Wildman–Crippen LogP) is 2.62. The Labute approximate surface area is 151 Å². The predicted molar refractivity (Wildman–Crippen MR) is 96.9 cm³/mol. The molecule has 0 spiro atoms. The van der Waals surface area contributed by atoms with Gasteiger partial charge in [-0.15, -0.1) is 0 Å². The molecule has 3 aliphatic rings. The minimum Gasteiger partial charge on any atom is -0.388 e. The van der Waals surface area contributed by atoms with Crippen LogP contribution in [0.4, 0.5) is 0 Å². The molecule has 0 aromatic rings. The van der Waals surface area contributed by atoms with Gasteiger partial charge in [-0.25, -0.2) is 0 Å². The number of hydrogen-bond donors (Lipinski definition) is 2. The van der Waals surface area contributed by atoms with Crippen LogP contribution < -0.4 is 5.32 Å². The van der Waals surface area contributed by atoms with Gasteiger partial charge in [-0.3, -0.25) is 9.59 Å². The molecule has 3 fully saturated rings. The van der Waals surface area contributed by atoms with Gasteiger partial charge in [0.1, 0.15) is 0 Å². The highest BCUT2D eigenvalue weighted by atomic mass is 16.3. The van der Waals surface area contributed by atoms with Gasteiger partial charge in [0, 0.05) is 26.1 Å². The molecule has 1 atom stereocenters. The first-order valence-corrected chi connectivity index (χ1v) is 10.3. The molecule has 0 aromatic carbocycles. The summed E-state index contributed by atoms with van der Waals surface area (Å²) in [7, 11) is 0. The monoisotopic (exact) mass is 350 g/mol. The molecule has 1 unspecified atom stereocenters. The van der Waals surface area contributed by atoms with Gasteiger partial charge in [0.25, 0.3) is 0 Å². The maximum Gasteiger partial charge on any atom is 0.225 e. The van der Waals surface area contributed by atoms with Crippen molar-refractivity contribution in [2.45, 2.75) is 82.7 Å². The maximum absolute atomic E-state index is 12.6. The summed E-state index contributed by atoms with van der Waals surface area (Å²) in [5.41, 5.74) is -0.722. The Morgan fingerprint density at radius 2 is 1.76 bits per heavy atom. The summed E-state index contributed by atoms with van der Waals surface area (Å²) in [6.07, 6.45) is 12.2. The van der Waals surface area contributed by atoms with E-state index < -0.39 is 5.60 Å². The van der Waals surface area contributed by atoms with Crippen molar-refractivity contribution < 1.29 is 14.7 Å². The second-order valence-electron chi connectivity index (χ2n) is 8.54. The number of carbonyl (C=O) groups excluding carboxylic acids is 2. The first-order chi connectivity index (χ1) is 12.1. The van der Waals surface area contributed by atoms with Crippen molar-refractivity contribution in [1.82, 2.24) is 10.2 Å². The highest BCUT2D eigenvalue weighted by Crippen LogP contribution is 2.29. The zero-order valence-electron chi connectivity index (χ0n) is 15.5. The van der Waals surface area contributed by atoms with Crippen LogP contribution in [0.2, 0.25) is 0 Å². The van der Waals surface area contributed by atoms with E-state index in [2.05, 4.69) is 5.32 Å². The van der Waals surface area contributed by atoms with Crippen LogP contribution in [0.15, 0.2) is 0 Å². The third-order valence-corrected chi connectivity index (χ3v) is 6.45. The summed E-state index contributed by atoms with van der Waals surface area (Å²) in [6, 6.07) is 0. The van der Waals surface area contributed by atoms with Crippen LogP contribution in [0.3, 0.4) is 0 Å². The van der Waals surface area contributed by atoms with E-state index in [0.29, 0.717) is 31.8 Å². The molecule has 2 aliphatic carbocycles. The van der Waals surface area contributed by atoms with Gasteiger partial charge in [-0.05, 0) is 38.0 Å². The van der Waals surface area contributed by atoms with E-state index in [-0.39, 0.29) is 17.7 Å². The van der Waals surface area contributed by atoms with E-state index in [1.54, 1.807) is 0 Å². The average molecular weight is 351 g/mol. The normalized spacial score (nSPS) is 28.0. The molecule has 5 nitrogen and oxygen atoms in total. The van der Waals surface area contributed by atoms with Crippen LogP contribution >= 0.6 is 0 Å². The largest absolute Gasteiger partial charge is 0.388 e. The van der Waals surface area contributed by atoms with Crippen LogP contribution in [0.25, 0.3) is 0 Å². The molecule has 2 N–H and O–H groups in total. The number of likely N-dealkylation sites (tertiary alicyclic amines) is 1. The number of piperidine rings is 1. The molecule has 25 heavy (non-hydrogen) atoms. The SMILES string of the molecule is O=C(NCC1(O)CCCCC1)C1CCC(=O)N(CC2CCCCC2)C1. The van der Waals surface area contributed by atoms with Crippen molar-refractivity contribution in [3.8, 4) is 0 Å². The lowest BCUT2D eigenvalue weighted by Gasteiger charge is -2.36. The fourth-order valence-electron chi connectivity index (χ4n) is 4.77. The first-order valence-electron chi connectivity index (χ1n) is 10.3. The quantitative estimate of drug-likeness (QED) is 0.801. The molecule has 2 amide bonds. The van der Waals surface area contributed by atoms with E-state index in [0.717, 1.165) is 32.2 Å². The Kier molecular flexibility index (Phi) is 6.37. The number of carbonyl (C=O) groups is 2. The zero-order valence-corrected chi connectivity index (χ0v) is 15.5. The molecule has 0 bridgehead atoms. The van der Waals surface area contributed by atoms with E-state index in [1.807, 2.05) is 4.90 Å². The van der Waals surface area contributed by atoms with Crippen molar-refractivity contribution in [3.05, 3.63) is 0 Å². The molecule has 1 aliphatic heterocycles. The molecule has 0 radical (unpaired) electrons. The fraction of sp³-hybridized carbons (Fsp3) is 0.900. The third kappa shape index (κ3) is 5.19. The Morgan fingerprint density at radius 1 is 1.08 bits per heavy atom. The molecule has 1 heterocycles. The van der Waals surface area contributed by atoms with Crippen LogP contribution in [0.5, 0.6) is 0 Å². The highest BCUT2D eigenvalue weighted by Gasteiger charge is 2.34. The van der Waals surface area contributed by atoms with E-state index >= 15 is 0 Å².